The molecule has 18 heavy (non-hydrogen) atoms. The number of nitrogens with zero attached hydrogens (tertiary/aromatic N) is 2. The average molecular weight is 268 g/mol. The lowest BCUT2D eigenvalue weighted by Crippen LogP contribution is -2.39. The third-order valence-electron chi connectivity index (χ3n) is 3.44. The maximum Gasteiger partial charge on any atom is 0.282 e. The molecule has 0 bridgehead atoms. The van der Waals surface area contributed by atoms with Crippen molar-refractivity contribution < 1.29 is 8.42 Å². The van der Waals surface area contributed by atoms with Crippen molar-refractivity contribution in [3.05, 3.63) is 35.4 Å². The van der Waals surface area contributed by atoms with Gasteiger partial charge in [-0.1, -0.05) is 24.3 Å². The van der Waals surface area contributed by atoms with Gasteiger partial charge in [0.2, 0.25) is 0 Å². The fourth-order valence-electron chi connectivity index (χ4n) is 2.22. The third kappa shape index (κ3) is 2.74. The number of hydrogen-bond donors (Lipinski definition) is 0. The summed E-state index contributed by atoms with van der Waals surface area (Å²) >= 11 is 0. The molecule has 1 aromatic rings. The van der Waals surface area contributed by atoms with Gasteiger partial charge in [0.15, 0.2) is 0 Å². The SMILES string of the molecule is Cc1ccccc1CN(C)S(=O)(=O)N1CCCC1. The molecule has 0 saturated carbocycles. The van der Waals surface area contributed by atoms with Crippen LogP contribution in [0, 0.1) is 6.92 Å². The summed E-state index contributed by atoms with van der Waals surface area (Å²) < 4.78 is 27.6. The largest absolute Gasteiger partial charge is 0.282 e. The highest BCUT2D eigenvalue weighted by Crippen LogP contribution is 2.18. The first-order valence-corrected chi connectivity index (χ1v) is 7.67. The normalized spacial score (nSPS) is 17.5. The Balaban J connectivity index is 2.12. The van der Waals surface area contributed by atoms with Crippen molar-refractivity contribution in [2.24, 2.45) is 0 Å². The lowest BCUT2D eigenvalue weighted by atomic mass is 10.1. The van der Waals surface area contributed by atoms with Gasteiger partial charge in [-0.3, -0.25) is 0 Å². The Hall–Kier alpha value is -0.910. The topological polar surface area (TPSA) is 40.6 Å². The molecule has 100 valence electrons. The summed E-state index contributed by atoms with van der Waals surface area (Å²) in [6.07, 6.45) is 1.94. The van der Waals surface area contributed by atoms with E-state index in [2.05, 4.69) is 0 Å². The maximum atomic E-state index is 12.3. The second kappa shape index (κ2) is 5.38. The molecule has 1 saturated heterocycles. The Bertz CT molecular complexity index is 507. The minimum atomic E-state index is -3.29. The van der Waals surface area contributed by atoms with Crippen LogP contribution in [0.3, 0.4) is 0 Å². The van der Waals surface area contributed by atoms with E-state index in [9.17, 15) is 8.42 Å². The van der Waals surface area contributed by atoms with Crippen LogP contribution in [-0.2, 0) is 16.8 Å². The molecule has 0 unspecified atom stereocenters. The first kappa shape index (κ1) is 13.5. The minimum Gasteiger partial charge on any atom is -0.195 e. The van der Waals surface area contributed by atoms with Gasteiger partial charge in [-0.25, -0.2) is 0 Å². The lowest BCUT2D eigenvalue weighted by Gasteiger charge is -2.24. The van der Waals surface area contributed by atoms with E-state index < -0.39 is 10.2 Å². The van der Waals surface area contributed by atoms with Gasteiger partial charge >= 0.3 is 0 Å². The third-order valence-corrected chi connectivity index (χ3v) is 5.37. The summed E-state index contributed by atoms with van der Waals surface area (Å²) in [6, 6.07) is 7.89. The van der Waals surface area contributed by atoms with Gasteiger partial charge < -0.3 is 0 Å². The van der Waals surface area contributed by atoms with Crippen LogP contribution in [0.1, 0.15) is 24.0 Å². The van der Waals surface area contributed by atoms with Crippen molar-refractivity contribution in [3.63, 3.8) is 0 Å². The molecule has 1 heterocycles. The molecule has 0 aliphatic carbocycles. The zero-order valence-electron chi connectivity index (χ0n) is 11.0. The molecule has 1 aliphatic heterocycles. The molecule has 0 atom stereocenters. The van der Waals surface area contributed by atoms with Gasteiger partial charge in [-0.2, -0.15) is 17.0 Å². The molecule has 1 aromatic carbocycles. The maximum absolute atomic E-state index is 12.3. The van der Waals surface area contributed by atoms with Crippen LogP contribution < -0.4 is 0 Å². The standard InChI is InChI=1S/C13H20N2O2S/c1-12-7-3-4-8-13(12)11-14(2)18(16,17)15-9-5-6-10-15/h3-4,7-8H,5-6,9-11H2,1-2H3. The molecule has 0 amide bonds. The smallest absolute Gasteiger partial charge is 0.195 e. The van der Waals surface area contributed by atoms with Crippen LogP contribution >= 0.6 is 0 Å². The number of rotatable bonds is 4. The number of benzene rings is 1. The van der Waals surface area contributed by atoms with E-state index in [-0.39, 0.29) is 0 Å². The summed E-state index contributed by atoms with van der Waals surface area (Å²) in [5, 5.41) is 0. The molecule has 5 heteroatoms. The zero-order valence-corrected chi connectivity index (χ0v) is 11.8. The molecule has 1 fully saturated rings. The van der Waals surface area contributed by atoms with Gasteiger partial charge in [0.05, 0.1) is 0 Å². The summed E-state index contributed by atoms with van der Waals surface area (Å²) in [5.74, 6) is 0. The average Bonchev–Trinajstić information content (AvgIpc) is 2.86. The predicted molar refractivity (Wildman–Crippen MR) is 72.4 cm³/mol. The van der Waals surface area contributed by atoms with E-state index in [1.807, 2.05) is 31.2 Å². The Kier molecular flexibility index (Phi) is 4.04. The molecule has 2 rings (SSSR count). The molecule has 0 N–H and O–H groups in total. The predicted octanol–water partition coefficient (Wildman–Crippen LogP) is 1.77. The Labute approximate surface area is 109 Å². The van der Waals surface area contributed by atoms with Crippen LogP contribution in [0.25, 0.3) is 0 Å². The van der Waals surface area contributed by atoms with Gasteiger partial charge in [-0.05, 0) is 30.9 Å². The molecule has 0 radical (unpaired) electrons. The number of aryl methyl sites for hydroxylation is 1. The summed E-state index contributed by atoms with van der Waals surface area (Å²) in [4.78, 5) is 0. The van der Waals surface area contributed by atoms with Gasteiger partial charge in [0.1, 0.15) is 0 Å². The van der Waals surface area contributed by atoms with Crippen molar-refractivity contribution in [3.8, 4) is 0 Å². The lowest BCUT2D eigenvalue weighted by molar-refractivity contribution is 0.391. The molecule has 0 spiro atoms. The fourth-order valence-corrected chi connectivity index (χ4v) is 3.64. The number of hydrogen-bond acceptors (Lipinski definition) is 2. The summed E-state index contributed by atoms with van der Waals surface area (Å²) in [6.45, 7) is 3.75. The van der Waals surface area contributed by atoms with Crippen LogP contribution in [-0.4, -0.2) is 37.2 Å². The van der Waals surface area contributed by atoms with E-state index in [1.165, 1.54) is 4.31 Å². The van der Waals surface area contributed by atoms with Crippen molar-refractivity contribution in [1.29, 1.82) is 0 Å². The highest BCUT2D eigenvalue weighted by Gasteiger charge is 2.29. The Morgan fingerprint density at radius 3 is 2.44 bits per heavy atom. The minimum absolute atomic E-state index is 0.436. The van der Waals surface area contributed by atoms with E-state index in [0.29, 0.717) is 19.6 Å². The second-order valence-corrected chi connectivity index (χ2v) is 6.83. The van der Waals surface area contributed by atoms with E-state index in [4.69, 9.17) is 0 Å². The molecular formula is C13H20N2O2S. The van der Waals surface area contributed by atoms with Gasteiger partial charge in [0, 0.05) is 26.7 Å². The molecule has 4 nitrogen and oxygen atoms in total. The second-order valence-electron chi connectivity index (χ2n) is 4.80. The van der Waals surface area contributed by atoms with E-state index in [1.54, 1.807) is 11.4 Å². The first-order chi connectivity index (χ1) is 8.51. The van der Waals surface area contributed by atoms with E-state index >= 15 is 0 Å². The fraction of sp³-hybridized carbons (Fsp3) is 0.538. The van der Waals surface area contributed by atoms with Crippen molar-refractivity contribution in [2.75, 3.05) is 20.1 Å². The van der Waals surface area contributed by atoms with Gasteiger partial charge in [-0.15, -0.1) is 0 Å². The van der Waals surface area contributed by atoms with Crippen LogP contribution in [0.5, 0.6) is 0 Å². The van der Waals surface area contributed by atoms with Crippen LogP contribution in [0.2, 0.25) is 0 Å². The monoisotopic (exact) mass is 268 g/mol. The summed E-state index contributed by atoms with van der Waals surface area (Å²) in [5.41, 5.74) is 2.18. The Morgan fingerprint density at radius 1 is 1.22 bits per heavy atom. The van der Waals surface area contributed by atoms with Gasteiger partial charge in [0.25, 0.3) is 10.2 Å². The molecule has 1 aliphatic rings. The Morgan fingerprint density at radius 2 is 1.83 bits per heavy atom. The van der Waals surface area contributed by atoms with Crippen molar-refractivity contribution >= 4 is 10.2 Å². The van der Waals surface area contributed by atoms with E-state index in [0.717, 1.165) is 24.0 Å². The molecular weight excluding hydrogens is 248 g/mol. The highest BCUT2D eigenvalue weighted by molar-refractivity contribution is 7.86. The summed E-state index contributed by atoms with van der Waals surface area (Å²) in [7, 11) is -1.63. The quantitative estimate of drug-likeness (QED) is 0.835. The first-order valence-electron chi connectivity index (χ1n) is 6.28. The van der Waals surface area contributed by atoms with Crippen molar-refractivity contribution in [1.82, 2.24) is 8.61 Å². The van der Waals surface area contributed by atoms with Crippen LogP contribution in [0.4, 0.5) is 0 Å². The van der Waals surface area contributed by atoms with Crippen LogP contribution in [0.15, 0.2) is 24.3 Å². The van der Waals surface area contributed by atoms with Crippen molar-refractivity contribution in [2.45, 2.75) is 26.3 Å². The molecule has 0 aromatic heterocycles. The zero-order chi connectivity index (χ0) is 13.2. The highest BCUT2D eigenvalue weighted by atomic mass is 32.2.